The van der Waals surface area contributed by atoms with Gasteiger partial charge in [0.25, 0.3) is 0 Å². The average Bonchev–Trinajstić information content (AvgIpc) is 2.76. The van der Waals surface area contributed by atoms with E-state index in [1.54, 1.807) is 25.4 Å². The van der Waals surface area contributed by atoms with Crippen LogP contribution in [0.4, 0.5) is 0 Å². The Morgan fingerprint density at radius 1 is 1.34 bits per heavy atom. The predicted octanol–water partition coefficient (Wildman–Crippen LogP) is 3.55. The summed E-state index contributed by atoms with van der Waals surface area (Å²) in [5.74, 6) is -0.555. The van der Waals surface area contributed by atoms with Crippen LogP contribution in [0.15, 0.2) is 48.6 Å². The molecule has 0 bridgehead atoms. The van der Waals surface area contributed by atoms with Gasteiger partial charge in [0.05, 0.1) is 24.1 Å². The second kappa shape index (κ2) is 7.43. The van der Waals surface area contributed by atoms with Crippen molar-refractivity contribution in [3.05, 3.63) is 71.0 Å². The van der Waals surface area contributed by atoms with Crippen molar-refractivity contribution in [2.24, 2.45) is 11.8 Å². The fourth-order valence-corrected chi connectivity index (χ4v) is 5.11. The Kier molecular flexibility index (Phi) is 4.94. The number of rotatable bonds is 3. The summed E-state index contributed by atoms with van der Waals surface area (Å²) < 4.78 is 5.09. The lowest BCUT2D eigenvalue weighted by Crippen LogP contribution is -2.50. The number of carbonyl (C=O) groups is 2. The summed E-state index contributed by atoms with van der Waals surface area (Å²) in [7, 11) is 0. The van der Waals surface area contributed by atoms with Crippen LogP contribution in [0, 0.1) is 11.8 Å². The minimum absolute atomic E-state index is 0.00576. The van der Waals surface area contributed by atoms with Gasteiger partial charge in [-0.1, -0.05) is 19.1 Å². The number of esters is 1. The minimum atomic E-state index is -0.550. The van der Waals surface area contributed by atoms with E-state index in [-0.39, 0.29) is 23.6 Å². The number of aromatic nitrogens is 2. The molecule has 1 N–H and O–H groups in total. The first-order chi connectivity index (χ1) is 14.0. The van der Waals surface area contributed by atoms with Gasteiger partial charge in [-0.25, -0.2) is 14.8 Å². The Morgan fingerprint density at radius 2 is 2.10 bits per heavy atom. The van der Waals surface area contributed by atoms with E-state index in [1.165, 1.54) is 0 Å². The first-order valence-corrected chi connectivity index (χ1v) is 9.97. The number of nitrogens with zero attached hydrogens (tertiary/aromatic N) is 2. The Morgan fingerprint density at radius 3 is 2.79 bits per heavy atom. The summed E-state index contributed by atoms with van der Waals surface area (Å²) in [4.78, 5) is 33.7. The van der Waals surface area contributed by atoms with Crippen molar-refractivity contribution in [2.45, 2.75) is 38.5 Å². The molecule has 0 spiro atoms. The third kappa shape index (κ3) is 2.94. The fraction of sp³-hybridized carbons (Fsp3) is 0.391. The molecule has 6 heteroatoms. The molecular weight excluding hydrogens is 368 g/mol. The highest BCUT2D eigenvalue weighted by atomic mass is 16.5. The molecule has 1 heterocycles. The van der Waals surface area contributed by atoms with Crippen LogP contribution in [0.25, 0.3) is 0 Å². The van der Waals surface area contributed by atoms with Gasteiger partial charge in [0, 0.05) is 23.1 Å². The van der Waals surface area contributed by atoms with Crippen LogP contribution in [-0.2, 0) is 21.4 Å². The SMILES string of the molecule is CCOC(=O)c1ccc(C23CC(=CO)C(=O)[C@@H](C)[C@@H]2CCc2cncnc23)cc1. The molecule has 1 fully saturated rings. The van der Waals surface area contributed by atoms with Crippen molar-refractivity contribution in [3.63, 3.8) is 0 Å². The van der Waals surface area contributed by atoms with E-state index >= 15 is 0 Å². The molecule has 0 aliphatic heterocycles. The first-order valence-electron chi connectivity index (χ1n) is 9.97. The average molecular weight is 392 g/mol. The van der Waals surface area contributed by atoms with E-state index in [9.17, 15) is 14.7 Å². The number of Topliss-reactive ketones (excluding diaryl/α,β-unsaturated/α-hetero) is 1. The molecule has 29 heavy (non-hydrogen) atoms. The molecule has 0 radical (unpaired) electrons. The van der Waals surface area contributed by atoms with E-state index in [0.29, 0.717) is 24.2 Å². The van der Waals surface area contributed by atoms with Gasteiger partial charge < -0.3 is 9.84 Å². The van der Waals surface area contributed by atoms with E-state index in [2.05, 4.69) is 9.97 Å². The van der Waals surface area contributed by atoms with Crippen LogP contribution in [-0.4, -0.2) is 33.4 Å². The number of allylic oxidation sites excluding steroid dienone is 1. The van der Waals surface area contributed by atoms with Crippen LogP contribution in [0.5, 0.6) is 0 Å². The molecule has 0 amide bonds. The van der Waals surface area contributed by atoms with Crippen molar-refractivity contribution >= 4 is 11.8 Å². The molecule has 2 aliphatic rings. The highest BCUT2D eigenvalue weighted by molar-refractivity contribution is 5.98. The van der Waals surface area contributed by atoms with Gasteiger partial charge in [-0.15, -0.1) is 0 Å². The molecule has 1 aromatic heterocycles. The zero-order chi connectivity index (χ0) is 20.6. The van der Waals surface area contributed by atoms with Gasteiger partial charge in [0.15, 0.2) is 5.78 Å². The molecule has 6 nitrogen and oxygen atoms in total. The van der Waals surface area contributed by atoms with Gasteiger partial charge in [0.1, 0.15) is 6.33 Å². The molecule has 150 valence electrons. The highest BCUT2D eigenvalue weighted by Gasteiger charge is 2.54. The molecule has 1 aromatic carbocycles. The van der Waals surface area contributed by atoms with Gasteiger partial charge in [-0.2, -0.15) is 0 Å². The maximum absolute atomic E-state index is 12.8. The molecule has 1 unspecified atom stereocenters. The largest absolute Gasteiger partial charge is 0.515 e. The maximum Gasteiger partial charge on any atom is 0.338 e. The molecule has 4 rings (SSSR count). The van der Waals surface area contributed by atoms with E-state index < -0.39 is 5.41 Å². The zero-order valence-corrected chi connectivity index (χ0v) is 16.6. The number of fused-ring (bicyclic) bond motifs is 3. The topological polar surface area (TPSA) is 89.4 Å². The first kappa shape index (κ1) is 19.3. The Bertz CT molecular complexity index is 983. The second-order valence-electron chi connectivity index (χ2n) is 7.79. The number of aliphatic hydroxyl groups is 1. The summed E-state index contributed by atoms with van der Waals surface area (Å²) in [5.41, 5.74) is 3.30. The second-order valence-corrected chi connectivity index (χ2v) is 7.79. The Balaban J connectivity index is 1.89. The van der Waals surface area contributed by atoms with E-state index in [0.717, 1.165) is 35.9 Å². The molecule has 0 saturated heterocycles. The van der Waals surface area contributed by atoms with Crippen molar-refractivity contribution in [1.29, 1.82) is 0 Å². The number of hydrogen-bond acceptors (Lipinski definition) is 6. The number of carbonyl (C=O) groups excluding carboxylic acids is 2. The number of ether oxygens (including phenoxy) is 1. The lowest BCUT2D eigenvalue weighted by atomic mass is 9.52. The van der Waals surface area contributed by atoms with Crippen molar-refractivity contribution in [1.82, 2.24) is 9.97 Å². The quantitative estimate of drug-likeness (QED) is 0.488. The monoisotopic (exact) mass is 392 g/mol. The summed E-state index contributed by atoms with van der Waals surface area (Å²) in [5, 5.41) is 9.78. The maximum atomic E-state index is 12.8. The molecule has 3 atom stereocenters. The van der Waals surface area contributed by atoms with Crippen LogP contribution >= 0.6 is 0 Å². The Hall–Kier alpha value is -3.02. The minimum Gasteiger partial charge on any atom is -0.515 e. The van der Waals surface area contributed by atoms with Crippen LogP contribution < -0.4 is 0 Å². The summed E-state index contributed by atoms with van der Waals surface area (Å²) >= 11 is 0. The molecule has 2 aromatic rings. The number of benzene rings is 1. The summed E-state index contributed by atoms with van der Waals surface area (Å²) in [6, 6.07) is 7.37. The van der Waals surface area contributed by atoms with Crippen LogP contribution in [0.1, 0.15) is 53.9 Å². The van der Waals surface area contributed by atoms with Gasteiger partial charge in [-0.05, 0) is 55.4 Å². The summed E-state index contributed by atoms with van der Waals surface area (Å²) in [6.45, 7) is 4.03. The standard InChI is InChI=1S/C23H24N2O4/c1-3-29-22(28)15-4-7-18(8-5-15)23-10-17(12-26)20(27)14(2)19(23)9-6-16-11-24-13-25-21(16)23/h4-5,7-8,11-14,19,26H,3,6,9-10H2,1-2H3/t14-,19-,23?/m0/s1. The smallest absolute Gasteiger partial charge is 0.338 e. The highest BCUT2D eigenvalue weighted by Crippen LogP contribution is 2.55. The van der Waals surface area contributed by atoms with Crippen molar-refractivity contribution in [2.75, 3.05) is 6.61 Å². The summed E-state index contributed by atoms with van der Waals surface area (Å²) in [6.07, 6.45) is 6.36. The normalized spacial score (nSPS) is 27.2. The lowest BCUT2D eigenvalue weighted by molar-refractivity contribution is -0.123. The van der Waals surface area contributed by atoms with Crippen LogP contribution in [0.2, 0.25) is 0 Å². The number of ketones is 1. The van der Waals surface area contributed by atoms with E-state index in [1.807, 2.05) is 25.3 Å². The van der Waals surface area contributed by atoms with Crippen molar-refractivity contribution < 1.29 is 19.4 Å². The third-order valence-electron chi connectivity index (χ3n) is 6.44. The molecule has 2 aliphatic carbocycles. The van der Waals surface area contributed by atoms with Gasteiger partial charge in [-0.3, -0.25) is 4.79 Å². The van der Waals surface area contributed by atoms with Crippen molar-refractivity contribution in [3.8, 4) is 0 Å². The van der Waals surface area contributed by atoms with E-state index in [4.69, 9.17) is 4.74 Å². The van der Waals surface area contributed by atoms with Crippen LogP contribution in [0.3, 0.4) is 0 Å². The molecular formula is C23H24N2O4. The zero-order valence-electron chi connectivity index (χ0n) is 16.6. The Labute approximate surface area is 169 Å². The lowest BCUT2D eigenvalue weighted by Gasteiger charge is -2.50. The number of aliphatic hydroxyl groups excluding tert-OH is 1. The molecule has 1 saturated carbocycles. The third-order valence-corrected chi connectivity index (χ3v) is 6.44. The fourth-order valence-electron chi connectivity index (χ4n) is 5.11. The number of aryl methyl sites for hydroxylation is 1. The number of hydrogen-bond donors (Lipinski definition) is 1. The van der Waals surface area contributed by atoms with Gasteiger partial charge >= 0.3 is 5.97 Å². The predicted molar refractivity (Wildman–Crippen MR) is 107 cm³/mol. The van der Waals surface area contributed by atoms with Gasteiger partial charge in [0.2, 0.25) is 0 Å².